The van der Waals surface area contributed by atoms with Crippen LogP contribution in [-0.2, 0) is 0 Å². The van der Waals surface area contributed by atoms with Crippen molar-refractivity contribution in [2.24, 2.45) is 0 Å². The van der Waals surface area contributed by atoms with E-state index in [1.165, 1.54) is 10.8 Å². The van der Waals surface area contributed by atoms with Crippen molar-refractivity contribution in [2.45, 2.75) is 0 Å². The van der Waals surface area contributed by atoms with Gasteiger partial charge in [0.05, 0.1) is 0 Å². The fourth-order valence-corrected chi connectivity index (χ4v) is 3.08. The smallest absolute Gasteiger partial charge is 0.136 e. The second kappa shape index (κ2) is 3.42. The molecule has 0 saturated carbocycles. The molecular weight excluding hydrogens is 246 g/mol. The van der Waals surface area contributed by atoms with Crippen LogP contribution in [0.15, 0.2) is 59.0 Å². The fraction of sp³-hybridized carbons (Fsp3) is 0. The maximum atomic E-state index is 5.93. The lowest BCUT2D eigenvalue weighted by Gasteiger charge is -1.94. The number of fused-ring (bicyclic) bond motifs is 7. The van der Waals surface area contributed by atoms with Crippen LogP contribution in [0.3, 0.4) is 0 Å². The Morgan fingerprint density at radius 3 is 2.75 bits per heavy atom. The van der Waals surface area contributed by atoms with E-state index in [0.717, 1.165) is 33.0 Å². The van der Waals surface area contributed by atoms with Crippen LogP contribution in [0.2, 0.25) is 0 Å². The Morgan fingerprint density at radius 1 is 0.800 bits per heavy atom. The predicted molar refractivity (Wildman–Crippen MR) is 81.9 cm³/mol. The van der Waals surface area contributed by atoms with E-state index >= 15 is 0 Å². The molecule has 0 fully saturated rings. The molecule has 2 heteroatoms. The summed E-state index contributed by atoms with van der Waals surface area (Å²) < 4.78 is 5.93. The zero-order chi connectivity index (χ0) is 13.1. The lowest BCUT2D eigenvalue weighted by atomic mass is 10.1. The summed E-state index contributed by atoms with van der Waals surface area (Å²) in [6.45, 7) is 0. The summed E-state index contributed by atoms with van der Waals surface area (Å²) in [6.07, 6.45) is 0. The van der Waals surface area contributed by atoms with Crippen LogP contribution in [0.25, 0.3) is 43.7 Å². The summed E-state index contributed by atoms with van der Waals surface area (Å²) in [5.41, 5.74) is 4.10. The number of nitrogens with one attached hydrogen (secondary N) is 1. The highest BCUT2D eigenvalue weighted by Crippen LogP contribution is 2.37. The summed E-state index contributed by atoms with van der Waals surface area (Å²) in [7, 11) is 0. The van der Waals surface area contributed by atoms with Crippen molar-refractivity contribution in [3.8, 4) is 0 Å². The molecule has 0 bridgehead atoms. The van der Waals surface area contributed by atoms with E-state index in [-0.39, 0.29) is 0 Å². The molecule has 20 heavy (non-hydrogen) atoms. The predicted octanol–water partition coefficient (Wildman–Crippen LogP) is 5.02. The third-order valence-electron chi connectivity index (χ3n) is 3.92. The maximum absolute atomic E-state index is 5.93. The molecule has 5 rings (SSSR count). The van der Waals surface area contributed by atoms with E-state index < -0.39 is 0 Å². The zero-order valence-corrected chi connectivity index (χ0v) is 10.6. The molecule has 0 saturated heterocycles. The van der Waals surface area contributed by atoms with Crippen molar-refractivity contribution in [1.82, 2.24) is 4.98 Å². The molecule has 0 unspecified atom stereocenters. The molecule has 5 aromatic rings. The average Bonchev–Trinajstić information content (AvgIpc) is 3.04. The topological polar surface area (TPSA) is 28.9 Å². The van der Waals surface area contributed by atoms with Gasteiger partial charge in [0.25, 0.3) is 0 Å². The van der Waals surface area contributed by atoms with Gasteiger partial charge in [0.1, 0.15) is 11.2 Å². The second-order valence-corrected chi connectivity index (χ2v) is 5.04. The van der Waals surface area contributed by atoms with Crippen molar-refractivity contribution in [1.29, 1.82) is 0 Å². The van der Waals surface area contributed by atoms with Gasteiger partial charge in [-0.2, -0.15) is 0 Å². The van der Waals surface area contributed by atoms with Gasteiger partial charge in [-0.3, -0.25) is 0 Å². The molecule has 2 nitrogen and oxygen atoms in total. The van der Waals surface area contributed by atoms with E-state index in [1.807, 2.05) is 24.3 Å². The molecule has 0 aliphatic rings. The van der Waals surface area contributed by atoms with Crippen molar-refractivity contribution >= 4 is 43.7 Å². The first-order valence-electron chi connectivity index (χ1n) is 6.64. The Bertz CT molecular complexity index is 1010. The van der Waals surface area contributed by atoms with E-state index in [1.54, 1.807) is 0 Å². The lowest BCUT2D eigenvalue weighted by Crippen LogP contribution is -1.70. The van der Waals surface area contributed by atoms with Crippen molar-refractivity contribution in [2.75, 3.05) is 0 Å². The number of benzene rings is 3. The molecule has 0 spiro atoms. The zero-order valence-electron chi connectivity index (χ0n) is 10.6. The molecule has 0 amide bonds. The number of furan rings is 1. The van der Waals surface area contributed by atoms with Crippen LogP contribution in [0.5, 0.6) is 0 Å². The summed E-state index contributed by atoms with van der Waals surface area (Å²) >= 11 is 0. The average molecular weight is 256 g/mol. The van der Waals surface area contributed by atoms with Crippen molar-refractivity contribution in [3.63, 3.8) is 0 Å². The van der Waals surface area contributed by atoms with Gasteiger partial charge in [0, 0.05) is 32.6 Å². The largest absolute Gasteiger partial charge is 0.456 e. The first-order valence-corrected chi connectivity index (χ1v) is 6.64. The number of H-pyrrole nitrogens is 1. The van der Waals surface area contributed by atoms with Crippen LogP contribution in [0.4, 0.5) is 0 Å². The van der Waals surface area contributed by atoms with Crippen LogP contribution < -0.4 is 0 Å². The number of hydrogen-bond donors (Lipinski definition) is 1. The van der Waals surface area contributed by atoms with Gasteiger partial charge in [0.15, 0.2) is 0 Å². The first kappa shape index (κ1) is 10.1. The molecule has 0 aliphatic heterocycles. The quantitative estimate of drug-likeness (QED) is 0.414. The Labute approximate surface area is 114 Å². The number of aromatic amines is 1. The molecule has 1 radical (unpaired) electrons. The van der Waals surface area contributed by atoms with Gasteiger partial charge in [-0.1, -0.05) is 30.3 Å². The number of para-hydroxylation sites is 1. The van der Waals surface area contributed by atoms with Crippen LogP contribution in [0.1, 0.15) is 0 Å². The highest BCUT2D eigenvalue weighted by atomic mass is 16.3. The first-order chi connectivity index (χ1) is 9.92. The molecule has 0 atom stereocenters. The van der Waals surface area contributed by atoms with E-state index in [4.69, 9.17) is 4.42 Å². The van der Waals surface area contributed by atoms with Gasteiger partial charge in [0.2, 0.25) is 0 Å². The van der Waals surface area contributed by atoms with Gasteiger partial charge in [-0.15, -0.1) is 0 Å². The molecule has 93 valence electrons. The van der Waals surface area contributed by atoms with Gasteiger partial charge in [-0.25, -0.2) is 0 Å². The van der Waals surface area contributed by atoms with Crippen molar-refractivity contribution < 1.29 is 4.42 Å². The minimum absolute atomic E-state index is 0.889. The highest BCUT2D eigenvalue weighted by Gasteiger charge is 2.13. The Morgan fingerprint density at radius 2 is 1.75 bits per heavy atom. The summed E-state index contributed by atoms with van der Waals surface area (Å²) in [5, 5.41) is 4.65. The van der Waals surface area contributed by atoms with Gasteiger partial charge >= 0.3 is 0 Å². The van der Waals surface area contributed by atoms with Gasteiger partial charge in [-0.05, 0) is 30.3 Å². The van der Waals surface area contributed by atoms with Crippen LogP contribution in [0, 0.1) is 6.07 Å². The van der Waals surface area contributed by atoms with Crippen LogP contribution in [-0.4, -0.2) is 4.98 Å². The molecular formula is C18H10NO. The molecule has 3 aromatic carbocycles. The fourth-order valence-electron chi connectivity index (χ4n) is 3.08. The SMILES string of the molecule is [c]1cccc2oc3ccc4[nH]c5ccccc5c4c3c12. The number of hydrogen-bond acceptors (Lipinski definition) is 1. The Balaban J connectivity index is 2.19. The maximum Gasteiger partial charge on any atom is 0.136 e. The molecule has 0 aliphatic carbocycles. The monoisotopic (exact) mass is 256 g/mol. The third kappa shape index (κ3) is 1.14. The van der Waals surface area contributed by atoms with Gasteiger partial charge < -0.3 is 9.40 Å². The minimum Gasteiger partial charge on any atom is -0.456 e. The minimum atomic E-state index is 0.889. The van der Waals surface area contributed by atoms with E-state index in [9.17, 15) is 0 Å². The summed E-state index contributed by atoms with van der Waals surface area (Å²) in [4.78, 5) is 3.47. The number of aromatic nitrogens is 1. The molecule has 2 aromatic heterocycles. The standard InChI is InChI=1S/C18H10NO/c1-3-7-13-11(5-1)17-14(19-13)9-10-16-18(17)12-6-2-4-8-15(12)20-16/h1-5,7-10,19H. The molecule has 2 heterocycles. The summed E-state index contributed by atoms with van der Waals surface area (Å²) in [6, 6.07) is 21.7. The molecule has 1 N–H and O–H groups in total. The number of rotatable bonds is 0. The Kier molecular flexibility index (Phi) is 1.73. The van der Waals surface area contributed by atoms with Crippen molar-refractivity contribution in [3.05, 3.63) is 60.7 Å². The van der Waals surface area contributed by atoms with E-state index in [2.05, 4.69) is 41.4 Å². The third-order valence-corrected chi connectivity index (χ3v) is 3.92. The highest BCUT2D eigenvalue weighted by molar-refractivity contribution is 6.26. The van der Waals surface area contributed by atoms with E-state index in [0.29, 0.717) is 0 Å². The Hall–Kier alpha value is -2.74. The lowest BCUT2D eigenvalue weighted by molar-refractivity contribution is 0.669. The van der Waals surface area contributed by atoms with Crippen LogP contribution >= 0.6 is 0 Å². The second-order valence-electron chi connectivity index (χ2n) is 5.04. The normalized spacial score (nSPS) is 12.0. The summed E-state index contributed by atoms with van der Waals surface area (Å²) in [5.74, 6) is 0.